The highest BCUT2D eigenvalue weighted by atomic mass is 32.1. The van der Waals surface area contributed by atoms with Crippen molar-refractivity contribution in [2.75, 3.05) is 6.61 Å². The summed E-state index contributed by atoms with van der Waals surface area (Å²) in [7, 11) is 0. The summed E-state index contributed by atoms with van der Waals surface area (Å²) >= 11 is 4.11. The number of nitrogens with zero attached hydrogens (tertiary/aromatic N) is 1. The Morgan fingerprint density at radius 3 is 3.10 bits per heavy atom. The summed E-state index contributed by atoms with van der Waals surface area (Å²) in [6.07, 6.45) is 0.486. The number of thiocarbonyl (C=S) groups is 1. The molecule has 0 saturated carbocycles. The molecule has 0 unspecified atom stereocenters. The molecule has 0 aliphatic rings. The van der Waals surface area contributed by atoms with E-state index < -0.39 is 6.16 Å². The van der Waals surface area contributed by atoms with E-state index >= 15 is 0 Å². The van der Waals surface area contributed by atoms with Gasteiger partial charge in [-0.1, -0.05) is 12.7 Å². The van der Waals surface area contributed by atoms with Gasteiger partial charge in [-0.25, -0.2) is 4.79 Å². The molecule has 5 heteroatoms. The molecule has 0 aliphatic carbocycles. The third-order valence-electron chi connectivity index (χ3n) is 0.476. The van der Waals surface area contributed by atoms with Gasteiger partial charge in [0.2, 0.25) is 0 Å². The van der Waals surface area contributed by atoms with Crippen LogP contribution in [0, 0.1) is 0 Å². The van der Waals surface area contributed by atoms with Gasteiger partial charge in [0.1, 0.15) is 11.8 Å². The molecule has 0 aromatic carbocycles. The minimum absolute atomic E-state index is 0.0891. The summed E-state index contributed by atoms with van der Waals surface area (Å²) in [5, 5.41) is 4.72. The zero-order valence-corrected chi connectivity index (χ0v) is 5.89. The van der Waals surface area contributed by atoms with E-state index in [9.17, 15) is 4.79 Å². The van der Waals surface area contributed by atoms with Gasteiger partial charge in [-0.3, -0.25) is 4.84 Å². The standard InChI is InChI=1S/C5H5NO3S/c1-2-3-8-5(7)9-6-4-10/h2H,1,3H2. The minimum Gasteiger partial charge on any atom is -0.428 e. The van der Waals surface area contributed by atoms with E-state index in [0.717, 1.165) is 0 Å². The monoisotopic (exact) mass is 159 g/mol. The Kier molecular flexibility index (Phi) is 5.23. The zero-order chi connectivity index (χ0) is 7.82. The molecule has 0 aromatic heterocycles. The van der Waals surface area contributed by atoms with Crippen molar-refractivity contribution in [2.45, 2.75) is 0 Å². The van der Waals surface area contributed by atoms with Gasteiger partial charge in [0.15, 0.2) is 0 Å². The first-order valence-corrected chi connectivity index (χ1v) is 2.74. The van der Waals surface area contributed by atoms with Crippen molar-refractivity contribution in [1.82, 2.24) is 0 Å². The second kappa shape index (κ2) is 5.94. The van der Waals surface area contributed by atoms with Crippen LogP contribution in [0.3, 0.4) is 0 Å². The van der Waals surface area contributed by atoms with E-state index in [1.807, 2.05) is 5.16 Å². The van der Waals surface area contributed by atoms with E-state index in [0.29, 0.717) is 0 Å². The Hall–Kier alpha value is -1.19. The summed E-state index contributed by atoms with van der Waals surface area (Å²) in [5.41, 5.74) is 0. The quantitative estimate of drug-likeness (QED) is 0.156. The molecule has 0 N–H and O–H groups in total. The summed E-state index contributed by atoms with van der Waals surface area (Å²) in [5.74, 6) is 0. The van der Waals surface area contributed by atoms with Crippen LogP contribution in [0.15, 0.2) is 17.8 Å². The van der Waals surface area contributed by atoms with Crippen molar-refractivity contribution in [3.63, 3.8) is 0 Å². The zero-order valence-electron chi connectivity index (χ0n) is 5.07. The van der Waals surface area contributed by atoms with Gasteiger partial charge in [0, 0.05) is 0 Å². The van der Waals surface area contributed by atoms with E-state index in [-0.39, 0.29) is 6.61 Å². The number of rotatable bonds is 3. The lowest BCUT2D eigenvalue weighted by Crippen LogP contribution is -2.02. The first-order valence-electron chi connectivity index (χ1n) is 2.33. The number of hydrogen-bond acceptors (Lipinski definition) is 5. The normalized spacial score (nSPS) is 7.20. The first kappa shape index (κ1) is 8.81. The molecular formula is C5H5NO3S. The first-order chi connectivity index (χ1) is 4.81. The van der Waals surface area contributed by atoms with Gasteiger partial charge < -0.3 is 4.74 Å². The second-order valence-corrected chi connectivity index (χ2v) is 1.31. The average molecular weight is 159 g/mol. The fourth-order valence-electron chi connectivity index (χ4n) is 0.209. The van der Waals surface area contributed by atoms with Crippen molar-refractivity contribution < 1.29 is 14.4 Å². The van der Waals surface area contributed by atoms with E-state index in [1.165, 1.54) is 6.08 Å². The van der Waals surface area contributed by atoms with Gasteiger partial charge in [-0.05, 0) is 17.4 Å². The van der Waals surface area contributed by atoms with Crippen LogP contribution in [0.2, 0.25) is 0 Å². The molecule has 0 spiro atoms. The molecule has 4 nitrogen and oxygen atoms in total. The average Bonchev–Trinajstić information content (AvgIpc) is 1.97. The van der Waals surface area contributed by atoms with Crippen LogP contribution < -0.4 is 0 Å². The van der Waals surface area contributed by atoms with Gasteiger partial charge in [-0.2, -0.15) is 0 Å². The van der Waals surface area contributed by atoms with Crippen LogP contribution >= 0.6 is 12.2 Å². The molecular weight excluding hydrogens is 154 g/mol. The Morgan fingerprint density at radius 2 is 2.60 bits per heavy atom. The van der Waals surface area contributed by atoms with Crippen LogP contribution in [0.25, 0.3) is 0 Å². The molecule has 0 atom stereocenters. The van der Waals surface area contributed by atoms with Gasteiger partial charge in [-0.15, -0.1) is 0 Å². The largest absolute Gasteiger partial charge is 0.536 e. The Morgan fingerprint density at radius 1 is 1.90 bits per heavy atom. The summed E-state index contributed by atoms with van der Waals surface area (Å²) in [4.78, 5) is 14.3. The van der Waals surface area contributed by atoms with Crippen LogP contribution in [0.4, 0.5) is 4.79 Å². The molecule has 10 heavy (non-hydrogen) atoms. The highest BCUT2D eigenvalue weighted by Gasteiger charge is 1.98. The second-order valence-electron chi connectivity index (χ2n) is 1.12. The molecule has 0 saturated heterocycles. The molecule has 0 aliphatic heterocycles. The third kappa shape index (κ3) is 4.96. The smallest absolute Gasteiger partial charge is 0.428 e. The Bertz CT molecular complexity index is 174. The highest BCUT2D eigenvalue weighted by Crippen LogP contribution is 1.84. The maximum absolute atomic E-state index is 10.3. The lowest BCUT2D eigenvalue weighted by Gasteiger charge is -1.94. The van der Waals surface area contributed by atoms with Gasteiger partial charge in [0.05, 0.1) is 0 Å². The summed E-state index contributed by atoms with van der Waals surface area (Å²) < 4.78 is 4.33. The van der Waals surface area contributed by atoms with Crippen molar-refractivity contribution in [1.29, 1.82) is 0 Å². The summed E-state index contributed by atoms with van der Waals surface area (Å²) in [6.45, 7) is 3.40. The van der Waals surface area contributed by atoms with Gasteiger partial charge in [0.25, 0.3) is 0 Å². The van der Waals surface area contributed by atoms with Crippen molar-refractivity contribution in [2.24, 2.45) is 5.16 Å². The SMILES string of the molecule is C=CCOC(=O)ON=C=S. The molecule has 0 bridgehead atoms. The van der Waals surface area contributed by atoms with Gasteiger partial charge >= 0.3 is 6.16 Å². The molecule has 54 valence electrons. The molecule has 0 aromatic rings. The predicted octanol–water partition coefficient (Wildman–Crippen LogP) is 1.34. The van der Waals surface area contributed by atoms with Crippen molar-refractivity contribution >= 4 is 23.5 Å². The Labute approximate surface area is 63.1 Å². The van der Waals surface area contributed by atoms with Crippen LogP contribution in [-0.2, 0) is 9.57 Å². The van der Waals surface area contributed by atoms with Crippen molar-refractivity contribution in [3.8, 4) is 0 Å². The predicted molar refractivity (Wildman–Crippen MR) is 37.7 cm³/mol. The molecule has 0 amide bonds. The number of hydrogen-bond donors (Lipinski definition) is 0. The minimum atomic E-state index is -0.919. The summed E-state index contributed by atoms with van der Waals surface area (Å²) in [6, 6.07) is 0. The fourth-order valence-corrected chi connectivity index (χ4v) is 0.246. The fraction of sp³-hybridized carbons (Fsp3) is 0.200. The maximum atomic E-state index is 10.3. The molecule has 0 rings (SSSR count). The molecule has 0 fully saturated rings. The van der Waals surface area contributed by atoms with Crippen LogP contribution in [0.5, 0.6) is 0 Å². The van der Waals surface area contributed by atoms with E-state index in [2.05, 4.69) is 33.5 Å². The lowest BCUT2D eigenvalue weighted by atomic mass is 10.7. The van der Waals surface area contributed by atoms with E-state index in [4.69, 9.17) is 0 Å². The number of isothiocyanates is 1. The number of ether oxygens (including phenoxy) is 1. The van der Waals surface area contributed by atoms with Crippen LogP contribution in [0.1, 0.15) is 0 Å². The van der Waals surface area contributed by atoms with E-state index in [1.54, 1.807) is 0 Å². The molecule has 0 heterocycles. The van der Waals surface area contributed by atoms with Crippen molar-refractivity contribution in [3.05, 3.63) is 12.7 Å². The topological polar surface area (TPSA) is 47.9 Å². The number of carbonyl (C=O) groups is 1. The highest BCUT2D eigenvalue weighted by molar-refractivity contribution is 7.78. The third-order valence-corrected chi connectivity index (χ3v) is 0.551. The lowest BCUT2D eigenvalue weighted by molar-refractivity contribution is 0.0664. The van der Waals surface area contributed by atoms with Crippen LogP contribution in [-0.4, -0.2) is 17.9 Å². The maximum Gasteiger partial charge on any atom is 0.536 e. The Balaban J connectivity index is 3.43. The number of carbonyl (C=O) groups excluding carboxylic acids is 1. The molecule has 0 radical (unpaired) electrons.